The number of likely N-dealkylation sites (tertiary alicyclic amines) is 1. The molecule has 126 valence electrons. The molecular formula is C16H22N2O3S2. The fraction of sp³-hybridized carbons (Fsp3) is 0.562. The molecule has 2 aliphatic rings. The van der Waals surface area contributed by atoms with Crippen molar-refractivity contribution < 1.29 is 13.2 Å². The lowest BCUT2D eigenvalue weighted by Gasteiger charge is -2.31. The van der Waals surface area contributed by atoms with Crippen LogP contribution >= 0.6 is 11.8 Å². The van der Waals surface area contributed by atoms with Gasteiger partial charge in [-0.05, 0) is 49.0 Å². The Morgan fingerprint density at radius 3 is 2.57 bits per heavy atom. The SMILES string of the molecule is CN(C1CCSCC1)S(=O)(=O)c1cccc(C(=O)N2CCC2)c1. The van der Waals surface area contributed by atoms with Gasteiger partial charge in [0, 0.05) is 31.7 Å². The third-order valence-corrected chi connectivity index (χ3v) is 7.56. The first-order valence-corrected chi connectivity index (χ1v) is 10.5. The highest BCUT2D eigenvalue weighted by atomic mass is 32.2. The molecule has 0 bridgehead atoms. The highest BCUT2D eigenvalue weighted by Gasteiger charge is 2.30. The molecule has 2 aliphatic heterocycles. The third kappa shape index (κ3) is 3.41. The molecule has 1 aromatic rings. The highest BCUT2D eigenvalue weighted by molar-refractivity contribution is 7.99. The molecule has 0 radical (unpaired) electrons. The van der Waals surface area contributed by atoms with Gasteiger partial charge in [0.2, 0.25) is 10.0 Å². The predicted molar refractivity (Wildman–Crippen MR) is 92.3 cm³/mol. The van der Waals surface area contributed by atoms with E-state index in [1.165, 1.54) is 10.4 Å². The lowest BCUT2D eigenvalue weighted by atomic mass is 10.1. The number of benzene rings is 1. The van der Waals surface area contributed by atoms with E-state index in [0.717, 1.165) is 43.9 Å². The van der Waals surface area contributed by atoms with E-state index in [0.29, 0.717) is 5.56 Å². The van der Waals surface area contributed by atoms with Crippen molar-refractivity contribution in [3.8, 4) is 0 Å². The fourth-order valence-electron chi connectivity index (χ4n) is 2.90. The topological polar surface area (TPSA) is 57.7 Å². The van der Waals surface area contributed by atoms with Crippen molar-refractivity contribution in [2.45, 2.75) is 30.2 Å². The van der Waals surface area contributed by atoms with Crippen molar-refractivity contribution in [1.82, 2.24) is 9.21 Å². The average Bonchev–Trinajstić information content (AvgIpc) is 2.53. The normalized spacial score (nSPS) is 19.7. The van der Waals surface area contributed by atoms with Crippen molar-refractivity contribution in [1.29, 1.82) is 0 Å². The summed E-state index contributed by atoms with van der Waals surface area (Å²) in [5.74, 6) is 1.92. The number of rotatable bonds is 4. The van der Waals surface area contributed by atoms with Crippen molar-refractivity contribution in [3.05, 3.63) is 29.8 Å². The van der Waals surface area contributed by atoms with Gasteiger partial charge in [-0.15, -0.1) is 0 Å². The molecule has 1 aromatic carbocycles. The zero-order valence-electron chi connectivity index (χ0n) is 13.3. The Morgan fingerprint density at radius 2 is 1.96 bits per heavy atom. The third-order valence-electron chi connectivity index (χ3n) is 4.61. The van der Waals surface area contributed by atoms with E-state index in [9.17, 15) is 13.2 Å². The largest absolute Gasteiger partial charge is 0.339 e. The van der Waals surface area contributed by atoms with Crippen LogP contribution < -0.4 is 0 Å². The maximum Gasteiger partial charge on any atom is 0.253 e. The van der Waals surface area contributed by atoms with Gasteiger partial charge in [0.1, 0.15) is 0 Å². The molecule has 0 unspecified atom stereocenters. The van der Waals surface area contributed by atoms with Crippen LogP contribution in [0.4, 0.5) is 0 Å². The monoisotopic (exact) mass is 354 g/mol. The summed E-state index contributed by atoms with van der Waals surface area (Å²) in [5, 5.41) is 0. The Hall–Kier alpha value is -1.05. The van der Waals surface area contributed by atoms with Crippen molar-refractivity contribution >= 4 is 27.7 Å². The summed E-state index contributed by atoms with van der Waals surface area (Å²) in [6.45, 7) is 1.52. The molecule has 0 saturated carbocycles. The summed E-state index contributed by atoms with van der Waals surface area (Å²) < 4.78 is 27.2. The van der Waals surface area contributed by atoms with Gasteiger partial charge in [-0.1, -0.05) is 6.07 Å². The average molecular weight is 354 g/mol. The summed E-state index contributed by atoms with van der Waals surface area (Å²) >= 11 is 1.87. The summed E-state index contributed by atoms with van der Waals surface area (Å²) in [6.07, 6.45) is 2.78. The maximum atomic E-state index is 12.9. The number of hydrogen-bond donors (Lipinski definition) is 0. The van der Waals surface area contributed by atoms with E-state index in [1.807, 2.05) is 11.8 Å². The molecule has 2 heterocycles. The molecule has 3 rings (SSSR count). The number of amides is 1. The van der Waals surface area contributed by atoms with E-state index in [1.54, 1.807) is 30.1 Å². The van der Waals surface area contributed by atoms with Crippen molar-refractivity contribution in [3.63, 3.8) is 0 Å². The molecule has 2 saturated heterocycles. The Bertz CT molecular complexity index is 680. The first-order chi connectivity index (χ1) is 11.0. The number of hydrogen-bond acceptors (Lipinski definition) is 4. The van der Waals surface area contributed by atoms with Gasteiger partial charge in [-0.3, -0.25) is 4.79 Å². The van der Waals surface area contributed by atoms with Crippen molar-refractivity contribution in [2.24, 2.45) is 0 Å². The van der Waals surface area contributed by atoms with E-state index < -0.39 is 10.0 Å². The molecule has 23 heavy (non-hydrogen) atoms. The predicted octanol–water partition coefficient (Wildman–Crippen LogP) is 2.05. The molecular weight excluding hydrogens is 332 g/mol. The zero-order chi connectivity index (χ0) is 16.4. The number of carbonyl (C=O) groups excluding carboxylic acids is 1. The quantitative estimate of drug-likeness (QED) is 0.830. The molecule has 0 N–H and O–H groups in total. The summed E-state index contributed by atoms with van der Waals surface area (Å²) in [4.78, 5) is 14.2. The number of carbonyl (C=O) groups is 1. The number of sulfonamides is 1. The summed E-state index contributed by atoms with van der Waals surface area (Å²) in [7, 11) is -1.90. The second-order valence-electron chi connectivity index (χ2n) is 6.04. The van der Waals surface area contributed by atoms with Crippen LogP contribution in [0.1, 0.15) is 29.6 Å². The van der Waals surface area contributed by atoms with Crippen LogP contribution in [-0.4, -0.2) is 61.2 Å². The van der Waals surface area contributed by atoms with Crippen LogP contribution in [0.2, 0.25) is 0 Å². The van der Waals surface area contributed by atoms with E-state index in [-0.39, 0.29) is 16.8 Å². The molecule has 0 aromatic heterocycles. The second kappa shape index (κ2) is 6.83. The minimum Gasteiger partial charge on any atom is -0.339 e. The molecule has 0 spiro atoms. The molecule has 7 heteroatoms. The molecule has 5 nitrogen and oxygen atoms in total. The highest BCUT2D eigenvalue weighted by Crippen LogP contribution is 2.26. The van der Waals surface area contributed by atoms with Gasteiger partial charge in [0.05, 0.1) is 4.90 Å². The molecule has 0 aliphatic carbocycles. The van der Waals surface area contributed by atoms with Crippen LogP contribution in [0.15, 0.2) is 29.2 Å². The smallest absolute Gasteiger partial charge is 0.253 e. The Labute approximate surface area is 142 Å². The Morgan fingerprint density at radius 1 is 1.26 bits per heavy atom. The Balaban J connectivity index is 1.83. The van der Waals surface area contributed by atoms with Gasteiger partial charge >= 0.3 is 0 Å². The van der Waals surface area contributed by atoms with Crippen LogP contribution in [0, 0.1) is 0 Å². The summed E-state index contributed by atoms with van der Waals surface area (Å²) in [6, 6.07) is 6.50. The molecule has 0 atom stereocenters. The van der Waals surface area contributed by atoms with Crippen LogP contribution in [-0.2, 0) is 10.0 Å². The van der Waals surface area contributed by atoms with Crippen LogP contribution in [0.3, 0.4) is 0 Å². The first kappa shape index (κ1) is 16.8. The van der Waals surface area contributed by atoms with Gasteiger partial charge in [-0.2, -0.15) is 16.1 Å². The van der Waals surface area contributed by atoms with Gasteiger partial charge < -0.3 is 4.90 Å². The number of thioether (sulfide) groups is 1. The van der Waals surface area contributed by atoms with Gasteiger partial charge in [0.25, 0.3) is 5.91 Å². The fourth-order valence-corrected chi connectivity index (χ4v) is 5.45. The van der Waals surface area contributed by atoms with Gasteiger partial charge in [-0.25, -0.2) is 8.42 Å². The zero-order valence-corrected chi connectivity index (χ0v) is 14.9. The second-order valence-corrected chi connectivity index (χ2v) is 9.26. The lowest BCUT2D eigenvalue weighted by Crippen LogP contribution is -2.42. The number of nitrogens with zero attached hydrogens (tertiary/aromatic N) is 2. The first-order valence-electron chi connectivity index (χ1n) is 7.95. The lowest BCUT2D eigenvalue weighted by molar-refractivity contribution is 0.0651. The van der Waals surface area contributed by atoms with E-state index >= 15 is 0 Å². The molecule has 2 fully saturated rings. The van der Waals surface area contributed by atoms with Crippen LogP contribution in [0.25, 0.3) is 0 Å². The minimum atomic E-state index is -3.56. The van der Waals surface area contributed by atoms with Crippen molar-refractivity contribution in [2.75, 3.05) is 31.6 Å². The minimum absolute atomic E-state index is 0.0518. The van der Waals surface area contributed by atoms with Gasteiger partial charge in [0.15, 0.2) is 0 Å². The summed E-state index contributed by atoms with van der Waals surface area (Å²) in [5.41, 5.74) is 0.457. The maximum absolute atomic E-state index is 12.9. The van der Waals surface area contributed by atoms with E-state index in [4.69, 9.17) is 0 Å². The molecule has 1 amide bonds. The van der Waals surface area contributed by atoms with E-state index in [2.05, 4.69) is 0 Å². The Kier molecular flexibility index (Phi) is 4.98. The van der Waals surface area contributed by atoms with Crippen LogP contribution in [0.5, 0.6) is 0 Å². The standard InChI is InChI=1S/C16H22N2O3S2/c1-17(14-6-10-22-11-7-14)23(20,21)15-5-2-4-13(12-15)16(19)18-8-3-9-18/h2,4-5,12,14H,3,6-11H2,1H3.